The van der Waals surface area contributed by atoms with Gasteiger partial charge in [-0.05, 0) is 0 Å². The Morgan fingerprint density at radius 2 is 1.38 bits per heavy atom. The van der Waals surface area contributed by atoms with Gasteiger partial charge in [0.1, 0.15) is 0 Å². The van der Waals surface area contributed by atoms with E-state index in [1.165, 1.54) is 14.2 Å². The Hall–Kier alpha value is -2.92. The summed E-state index contributed by atoms with van der Waals surface area (Å²) in [5, 5.41) is 4.97. The van der Waals surface area contributed by atoms with Crippen LogP contribution in [0.25, 0.3) is 0 Å². The minimum atomic E-state index is -4.15. The summed E-state index contributed by atoms with van der Waals surface area (Å²) >= 11 is 6.07. The zero-order valence-electron chi connectivity index (χ0n) is 17.6. The van der Waals surface area contributed by atoms with Gasteiger partial charge in [-0.1, -0.05) is 0 Å². The van der Waals surface area contributed by atoms with Crippen LogP contribution in [-0.4, -0.2) is 31.9 Å². The van der Waals surface area contributed by atoms with E-state index >= 15 is 0 Å². The zero-order valence-corrected chi connectivity index (χ0v) is 19.3. The van der Waals surface area contributed by atoms with Crippen LogP contribution in [0, 0.1) is 0 Å². The molecule has 0 aromatic heterocycles. The van der Waals surface area contributed by atoms with Crippen molar-refractivity contribution in [1.82, 2.24) is 5.09 Å². The first-order chi connectivity index (χ1) is 15.5. The van der Waals surface area contributed by atoms with E-state index in [-0.39, 0.29) is 0 Å². The van der Waals surface area contributed by atoms with Gasteiger partial charge in [0.05, 0.1) is 0 Å². The number of carbonyl (C=O) groups is 2. The molecule has 0 aliphatic carbocycles. The molecule has 32 heavy (non-hydrogen) atoms. The fourth-order valence-electron chi connectivity index (χ4n) is 4.39. The van der Waals surface area contributed by atoms with Gasteiger partial charge in [0, 0.05) is 0 Å². The van der Waals surface area contributed by atoms with Crippen molar-refractivity contribution in [3.8, 4) is 0 Å². The monoisotopic (exact) mass is 471 g/mol. The number of carbonyl (C=O) groups excluding carboxylic acids is 2. The topological polar surface area (TPSA) is 73.9 Å². The molecule has 1 fully saturated rings. The third-order valence-corrected chi connectivity index (χ3v) is 11.6. The van der Waals surface area contributed by atoms with Crippen molar-refractivity contribution >= 4 is 41.3 Å². The molecular weight excluding hydrogens is 449 g/mol. The van der Waals surface area contributed by atoms with E-state index < -0.39 is 30.8 Å². The van der Waals surface area contributed by atoms with Crippen LogP contribution in [0.3, 0.4) is 0 Å². The van der Waals surface area contributed by atoms with Crippen molar-refractivity contribution in [2.75, 3.05) is 14.2 Å². The Labute approximate surface area is 191 Å². The molecule has 6 nitrogen and oxygen atoms in total. The summed E-state index contributed by atoms with van der Waals surface area (Å²) in [4.78, 5) is 26.2. The van der Waals surface area contributed by atoms with Crippen LogP contribution in [-0.2, 0) is 18.8 Å². The van der Waals surface area contributed by atoms with Crippen LogP contribution in [0.4, 0.5) is 4.79 Å². The first-order valence-corrected chi connectivity index (χ1v) is 12.6. The van der Waals surface area contributed by atoms with Gasteiger partial charge >= 0.3 is 191 Å². The molecule has 0 saturated carbocycles. The van der Waals surface area contributed by atoms with Gasteiger partial charge in [0.2, 0.25) is 0 Å². The number of benzene rings is 3. The molecule has 1 aliphatic rings. The van der Waals surface area contributed by atoms with Gasteiger partial charge in [-0.3, -0.25) is 0 Å². The maximum absolute atomic E-state index is 13.4. The average molecular weight is 472 g/mol. The van der Waals surface area contributed by atoms with Crippen molar-refractivity contribution in [3.05, 3.63) is 95.5 Å². The SMILES string of the molecule is COC(=O)NP1(c2ccccc2)(c2ccccc2)OC(c2ccc(Cl)cc2)C1C(=O)OC. The molecule has 2 unspecified atom stereocenters. The number of methoxy groups -OCH3 is 2. The van der Waals surface area contributed by atoms with Crippen molar-refractivity contribution in [1.29, 1.82) is 0 Å². The van der Waals surface area contributed by atoms with Gasteiger partial charge in [-0.15, -0.1) is 0 Å². The maximum atomic E-state index is 13.4. The molecule has 8 heteroatoms. The molecule has 0 bridgehead atoms. The summed E-state index contributed by atoms with van der Waals surface area (Å²) in [6.45, 7) is -4.15. The number of hydrogen-bond acceptors (Lipinski definition) is 5. The molecule has 4 rings (SSSR count). The van der Waals surface area contributed by atoms with Crippen molar-refractivity contribution in [2.45, 2.75) is 11.8 Å². The second-order valence-corrected chi connectivity index (χ2v) is 12.1. The molecule has 166 valence electrons. The normalized spacial score (nSPS) is 21.8. The molecule has 1 heterocycles. The van der Waals surface area contributed by atoms with Crippen LogP contribution in [0.15, 0.2) is 84.9 Å². The summed E-state index contributed by atoms with van der Waals surface area (Å²) in [5.41, 5.74) is -0.0837. The Morgan fingerprint density at radius 3 is 1.84 bits per heavy atom. The predicted octanol–water partition coefficient (Wildman–Crippen LogP) is 4.34. The van der Waals surface area contributed by atoms with E-state index in [9.17, 15) is 9.59 Å². The summed E-state index contributed by atoms with van der Waals surface area (Å²) in [6.07, 6.45) is -1.35. The van der Waals surface area contributed by atoms with Gasteiger partial charge in [0.15, 0.2) is 0 Å². The number of ether oxygens (including phenoxy) is 2. The van der Waals surface area contributed by atoms with Gasteiger partial charge < -0.3 is 0 Å². The minimum absolute atomic E-state index is 0.488. The molecule has 0 radical (unpaired) electrons. The number of rotatable bonds is 5. The molecule has 2 atom stereocenters. The van der Waals surface area contributed by atoms with Crippen LogP contribution in [0.5, 0.6) is 0 Å². The summed E-state index contributed by atoms with van der Waals surface area (Å²) in [7, 11) is 2.61. The fourth-order valence-corrected chi connectivity index (χ4v) is 10.0. The Kier molecular flexibility index (Phi) is 5.95. The number of amides is 1. The van der Waals surface area contributed by atoms with Gasteiger partial charge in [0.25, 0.3) is 0 Å². The molecule has 1 N–H and O–H groups in total. The van der Waals surface area contributed by atoms with Crippen LogP contribution < -0.4 is 15.7 Å². The predicted molar refractivity (Wildman–Crippen MR) is 126 cm³/mol. The summed E-state index contributed by atoms with van der Waals surface area (Å²) in [6, 6.07) is 25.6. The van der Waals surface area contributed by atoms with Crippen LogP contribution in [0.2, 0.25) is 5.02 Å². The Bertz CT molecular complexity index is 1080. The summed E-state index contributed by atoms with van der Waals surface area (Å²) in [5.74, 6) is -0.488. The number of hydrogen-bond donors (Lipinski definition) is 1. The number of esters is 1. The number of halogens is 1. The number of nitrogens with one attached hydrogen (secondary N) is 1. The van der Waals surface area contributed by atoms with Crippen molar-refractivity contribution in [2.24, 2.45) is 0 Å². The van der Waals surface area contributed by atoms with Crippen LogP contribution in [0.1, 0.15) is 11.7 Å². The van der Waals surface area contributed by atoms with Crippen molar-refractivity contribution < 1.29 is 23.6 Å². The second kappa shape index (κ2) is 8.55. The molecule has 3 aromatic carbocycles. The van der Waals surface area contributed by atoms with E-state index in [4.69, 9.17) is 25.6 Å². The quantitative estimate of drug-likeness (QED) is 0.442. The standard InChI is InChI=1S/C24H23ClNO5P/c1-29-23(27)22-21(17-13-15-18(25)16-14-17)31-32(22,26-24(28)30-2,19-9-5-3-6-10-19)20-11-7-4-8-12-20/h3-16,21-22H,1-2H3,(H,26,28). The molecular formula is C24H23ClNO5P. The Balaban J connectivity index is 2.03. The zero-order chi connectivity index (χ0) is 22.8. The van der Waals surface area contributed by atoms with E-state index in [0.29, 0.717) is 15.6 Å². The Morgan fingerprint density at radius 1 is 0.844 bits per heavy atom. The van der Waals surface area contributed by atoms with E-state index in [2.05, 4.69) is 5.09 Å². The first-order valence-electron chi connectivity index (χ1n) is 9.97. The first kappa shape index (κ1) is 22.3. The van der Waals surface area contributed by atoms with E-state index in [1.807, 2.05) is 72.8 Å². The molecule has 1 aliphatic heterocycles. The van der Waals surface area contributed by atoms with Crippen molar-refractivity contribution in [3.63, 3.8) is 0 Å². The van der Waals surface area contributed by atoms with Crippen LogP contribution >= 0.6 is 18.6 Å². The molecule has 1 saturated heterocycles. The fraction of sp³-hybridized carbons (Fsp3) is 0.167. The van der Waals surface area contributed by atoms with E-state index in [1.54, 1.807) is 12.1 Å². The second-order valence-electron chi connectivity index (χ2n) is 7.42. The third-order valence-electron chi connectivity index (χ3n) is 5.83. The third kappa shape index (κ3) is 3.27. The van der Waals surface area contributed by atoms with E-state index in [0.717, 1.165) is 5.56 Å². The average Bonchev–Trinajstić information content (AvgIpc) is 2.83. The van der Waals surface area contributed by atoms with Gasteiger partial charge in [-0.25, -0.2) is 0 Å². The molecule has 1 amide bonds. The summed E-state index contributed by atoms with van der Waals surface area (Å²) < 4.78 is 17.1. The molecule has 3 aromatic rings. The van der Waals surface area contributed by atoms with Gasteiger partial charge in [-0.2, -0.15) is 0 Å². The molecule has 0 spiro atoms.